The third-order valence-electron chi connectivity index (χ3n) is 2.74. The van der Waals surface area contributed by atoms with Crippen LogP contribution >= 0.6 is 11.6 Å². The number of rotatable bonds is 2. The molecule has 0 bridgehead atoms. The van der Waals surface area contributed by atoms with Gasteiger partial charge in [-0.3, -0.25) is 0 Å². The van der Waals surface area contributed by atoms with Gasteiger partial charge in [0.15, 0.2) is 11.5 Å². The molecule has 0 fully saturated rings. The number of aromatic hydroxyl groups is 1. The number of ether oxygens (including phenoxy) is 1. The van der Waals surface area contributed by atoms with Crippen LogP contribution in [0.3, 0.4) is 0 Å². The summed E-state index contributed by atoms with van der Waals surface area (Å²) in [7, 11) is 0. The lowest BCUT2D eigenvalue weighted by Crippen LogP contribution is -2.15. The molecule has 2 atom stereocenters. The van der Waals surface area contributed by atoms with Crippen molar-refractivity contribution < 1.29 is 14.9 Å². The van der Waals surface area contributed by atoms with Gasteiger partial charge < -0.3 is 20.7 Å². The minimum atomic E-state index is -0.651. The van der Waals surface area contributed by atoms with Gasteiger partial charge in [0.2, 0.25) is 0 Å². The van der Waals surface area contributed by atoms with Crippen molar-refractivity contribution in [1.82, 2.24) is 0 Å². The van der Waals surface area contributed by atoms with Crippen LogP contribution in [-0.2, 0) is 6.42 Å². The van der Waals surface area contributed by atoms with Crippen molar-refractivity contribution in [2.24, 2.45) is 5.73 Å². The second kappa shape index (κ2) is 4.13. The van der Waals surface area contributed by atoms with E-state index in [1.165, 1.54) is 0 Å². The lowest BCUT2D eigenvalue weighted by atomic mass is 10.0. The van der Waals surface area contributed by atoms with Crippen LogP contribution in [0, 0.1) is 0 Å². The number of phenols is 1. The Morgan fingerprint density at radius 3 is 3.00 bits per heavy atom. The summed E-state index contributed by atoms with van der Waals surface area (Å²) in [6, 6.07) is 0.945. The summed E-state index contributed by atoms with van der Waals surface area (Å²) in [5.41, 5.74) is 6.89. The molecule has 16 heavy (non-hydrogen) atoms. The van der Waals surface area contributed by atoms with Gasteiger partial charge in [-0.05, 0) is 13.0 Å². The van der Waals surface area contributed by atoms with E-state index in [9.17, 15) is 5.11 Å². The summed E-state index contributed by atoms with van der Waals surface area (Å²) in [4.78, 5) is 0. The van der Waals surface area contributed by atoms with Crippen LogP contribution in [0.5, 0.6) is 11.5 Å². The first-order valence-corrected chi connectivity index (χ1v) is 5.49. The SMILES string of the molecule is CC1Cc2c(Cl)cc(C(N)CO)c(O)c2O1. The van der Waals surface area contributed by atoms with Gasteiger partial charge in [0.25, 0.3) is 0 Å². The average molecular weight is 244 g/mol. The molecule has 5 heteroatoms. The summed E-state index contributed by atoms with van der Waals surface area (Å²) in [5.74, 6) is 0.393. The molecular formula is C11H14ClNO3. The Bertz CT molecular complexity index is 422. The molecule has 4 N–H and O–H groups in total. The van der Waals surface area contributed by atoms with Gasteiger partial charge in [0, 0.05) is 22.6 Å². The van der Waals surface area contributed by atoms with Crippen LogP contribution in [0.25, 0.3) is 0 Å². The average Bonchev–Trinajstić information content (AvgIpc) is 2.65. The van der Waals surface area contributed by atoms with Gasteiger partial charge in [-0.15, -0.1) is 0 Å². The van der Waals surface area contributed by atoms with Gasteiger partial charge >= 0.3 is 0 Å². The Balaban J connectivity index is 2.53. The smallest absolute Gasteiger partial charge is 0.166 e. The van der Waals surface area contributed by atoms with Gasteiger partial charge in [-0.1, -0.05) is 11.6 Å². The molecule has 1 aromatic rings. The molecule has 1 aromatic carbocycles. The number of fused-ring (bicyclic) bond motifs is 1. The predicted octanol–water partition coefficient (Wildman–Crippen LogP) is 1.36. The van der Waals surface area contributed by atoms with Crippen LogP contribution in [0.15, 0.2) is 6.07 Å². The largest absolute Gasteiger partial charge is 0.504 e. The van der Waals surface area contributed by atoms with Crippen molar-refractivity contribution in [1.29, 1.82) is 0 Å². The van der Waals surface area contributed by atoms with E-state index in [1.54, 1.807) is 6.07 Å². The van der Waals surface area contributed by atoms with Crippen molar-refractivity contribution in [3.05, 3.63) is 22.2 Å². The van der Waals surface area contributed by atoms with E-state index in [0.29, 0.717) is 22.8 Å². The summed E-state index contributed by atoms with van der Waals surface area (Å²) in [6.45, 7) is 1.65. The zero-order chi connectivity index (χ0) is 11.9. The van der Waals surface area contributed by atoms with Crippen LogP contribution in [0.1, 0.15) is 24.1 Å². The second-order valence-electron chi connectivity index (χ2n) is 4.03. The van der Waals surface area contributed by atoms with Crippen molar-refractivity contribution in [3.63, 3.8) is 0 Å². The number of benzene rings is 1. The van der Waals surface area contributed by atoms with Crippen LogP contribution < -0.4 is 10.5 Å². The first-order chi connectivity index (χ1) is 7.54. The molecule has 0 saturated heterocycles. The molecule has 1 aliphatic heterocycles. The molecule has 0 amide bonds. The number of halogens is 1. The fourth-order valence-corrected chi connectivity index (χ4v) is 2.18. The minimum Gasteiger partial charge on any atom is -0.504 e. The normalized spacial score (nSPS) is 20.4. The van der Waals surface area contributed by atoms with Gasteiger partial charge in [-0.25, -0.2) is 0 Å². The number of hydrogen-bond acceptors (Lipinski definition) is 4. The Morgan fingerprint density at radius 2 is 2.38 bits per heavy atom. The van der Waals surface area contributed by atoms with E-state index in [4.69, 9.17) is 27.2 Å². The third kappa shape index (κ3) is 1.73. The lowest BCUT2D eigenvalue weighted by Gasteiger charge is -2.14. The first kappa shape index (κ1) is 11.5. The first-order valence-electron chi connectivity index (χ1n) is 5.12. The lowest BCUT2D eigenvalue weighted by molar-refractivity contribution is 0.241. The Labute approximate surface area is 98.6 Å². The number of hydrogen-bond donors (Lipinski definition) is 3. The highest BCUT2D eigenvalue weighted by Crippen LogP contribution is 2.45. The Morgan fingerprint density at radius 1 is 1.69 bits per heavy atom. The zero-order valence-electron chi connectivity index (χ0n) is 8.90. The molecule has 0 aliphatic carbocycles. The van der Waals surface area contributed by atoms with E-state index < -0.39 is 6.04 Å². The molecular weight excluding hydrogens is 230 g/mol. The Kier molecular flexibility index (Phi) is 2.97. The number of aliphatic hydroxyl groups excluding tert-OH is 1. The van der Waals surface area contributed by atoms with E-state index in [1.807, 2.05) is 6.92 Å². The maximum Gasteiger partial charge on any atom is 0.166 e. The summed E-state index contributed by atoms with van der Waals surface area (Å²) in [6.07, 6.45) is 0.676. The third-order valence-corrected chi connectivity index (χ3v) is 3.08. The van der Waals surface area contributed by atoms with Crippen molar-refractivity contribution in [2.75, 3.05) is 6.61 Å². The molecule has 0 aromatic heterocycles. The van der Waals surface area contributed by atoms with Crippen molar-refractivity contribution >= 4 is 11.6 Å². The monoisotopic (exact) mass is 243 g/mol. The maximum atomic E-state index is 9.98. The minimum absolute atomic E-state index is 0.000925. The number of nitrogens with two attached hydrogens (primary N) is 1. The summed E-state index contributed by atoms with van der Waals surface area (Å²) < 4.78 is 5.48. The molecule has 0 radical (unpaired) electrons. The molecule has 1 heterocycles. The number of phenolic OH excluding ortho intramolecular Hbond substituents is 1. The zero-order valence-corrected chi connectivity index (χ0v) is 9.66. The van der Waals surface area contributed by atoms with Crippen LogP contribution in [0.2, 0.25) is 5.02 Å². The highest BCUT2D eigenvalue weighted by Gasteiger charge is 2.28. The molecule has 4 nitrogen and oxygen atoms in total. The molecule has 2 unspecified atom stereocenters. The number of aliphatic hydroxyl groups is 1. The molecule has 0 saturated carbocycles. The van der Waals surface area contributed by atoms with E-state index >= 15 is 0 Å². The van der Waals surface area contributed by atoms with E-state index in [0.717, 1.165) is 5.56 Å². The highest BCUT2D eigenvalue weighted by atomic mass is 35.5. The Hall–Kier alpha value is -0.970. The van der Waals surface area contributed by atoms with Crippen LogP contribution in [0.4, 0.5) is 0 Å². The van der Waals surface area contributed by atoms with Gasteiger partial charge in [-0.2, -0.15) is 0 Å². The van der Waals surface area contributed by atoms with Crippen LogP contribution in [-0.4, -0.2) is 22.9 Å². The standard InChI is InChI=1S/C11H14ClNO3/c1-5-2-6-8(12)3-7(9(13)4-14)10(15)11(6)16-5/h3,5,9,14-15H,2,4,13H2,1H3. The summed E-state index contributed by atoms with van der Waals surface area (Å²) in [5, 5.41) is 19.5. The highest BCUT2D eigenvalue weighted by molar-refractivity contribution is 6.31. The fourth-order valence-electron chi connectivity index (χ4n) is 1.90. The van der Waals surface area contributed by atoms with Crippen molar-refractivity contribution in [2.45, 2.75) is 25.5 Å². The summed E-state index contributed by atoms with van der Waals surface area (Å²) >= 11 is 6.08. The molecule has 2 rings (SSSR count). The predicted molar refractivity (Wildman–Crippen MR) is 60.9 cm³/mol. The fraction of sp³-hybridized carbons (Fsp3) is 0.455. The topological polar surface area (TPSA) is 75.7 Å². The van der Waals surface area contributed by atoms with Crippen molar-refractivity contribution in [3.8, 4) is 11.5 Å². The van der Waals surface area contributed by atoms with E-state index in [-0.39, 0.29) is 18.5 Å². The van der Waals surface area contributed by atoms with Gasteiger partial charge in [0.1, 0.15) is 6.10 Å². The second-order valence-corrected chi connectivity index (χ2v) is 4.43. The van der Waals surface area contributed by atoms with E-state index in [2.05, 4.69) is 0 Å². The molecule has 88 valence electrons. The van der Waals surface area contributed by atoms with Gasteiger partial charge in [0.05, 0.1) is 12.6 Å². The molecule has 0 spiro atoms. The quantitative estimate of drug-likeness (QED) is 0.733. The maximum absolute atomic E-state index is 9.98. The molecule has 1 aliphatic rings.